The summed E-state index contributed by atoms with van der Waals surface area (Å²) >= 11 is 0. The van der Waals surface area contributed by atoms with E-state index in [-0.39, 0.29) is 11.7 Å². The molecule has 112 valence electrons. The fourth-order valence-corrected chi connectivity index (χ4v) is 3.38. The van der Waals surface area contributed by atoms with Crippen molar-refractivity contribution < 1.29 is 9.21 Å². The van der Waals surface area contributed by atoms with E-state index in [4.69, 9.17) is 4.42 Å². The van der Waals surface area contributed by atoms with E-state index >= 15 is 0 Å². The first-order valence-corrected chi connectivity index (χ1v) is 7.63. The lowest BCUT2D eigenvalue weighted by molar-refractivity contribution is 0.0958. The molecular weight excluding hydrogens is 290 g/mol. The normalized spacial score (nSPS) is 17.7. The lowest BCUT2D eigenvalue weighted by Gasteiger charge is -2.21. The van der Waals surface area contributed by atoms with Gasteiger partial charge in [-0.05, 0) is 24.3 Å². The zero-order valence-corrected chi connectivity index (χ0v) is 12.3. The Morgan fingerprint density at radius 2 is 2.00 bits per heavy atom. The Bertz CT molecular complexity index is 1050. The number of carbonyl (C=O) groups excluding carboxylic acids is 1. The number of hydrogen-bond acceptors (Lipinski definition) is 4. The van der Waals surface area contributed by atoms with Crippen molar-refractivity contribution in [1.82, 2.24) is 14.4 Å². The van der Waals surface area contributed by atoms with E-state index in [2.05, 4.69) is 9.97 Å². The molecule has 1 aromatic carbocycles. The van der Waals surface area contributed by atoms with Crippen molar-refractivity contribution >= 4 is 22.6 Å². The molecule has 1 aliphatic rings. The van der Waals surface area contributed by atoms with Gasteiger partial charge in [0.15, 0.2) is 5.78 Å². The summed E-state index contributed by atoms with van der Waals surface area (Å²) in [7, 11) is 0. The van der Waals surface area contributed by atoms with Crippen LogP contribution >= 0.6 is 0 Å². The zero-order valence-electron chi connectivity index (χ0n) is 12.3. The van der Waals surface area contributed by atoms with Crippen LogP contribution in [0, 0.1) is 0 Å². The van der Waals surface area contributed by atoms with Crippen molar-refractivity contribution in [2.45, 2.75) is 18.8 Å². The lowest BCUT2D eigenvalue weighted by atomic mass is 9.85. The molecule has 5 nitrogen and oxygen atoms in total. The van der Waals surface area contributed by atoms with E-state index in [1.807, 2.05) is 47.0 Å². The Kier molecular flexibility index (Phi) is 2.47. The Morgan fingerprint density at radius 3 is 2.87 bits per heavy atom. The highest BCUT2D eigenvalue weighted by Crippen LogP contribution is 2.32. The lowest BCUT2D eigenvalue weighted by Crippen LogP contribution is -2.20. The minimum absolute atomic E-state index is 0.0596. The van der Waals surface area contributed by atoms with Gasteiger partial charge in [-0.25, -0.2) is 9.97 Å². The minimum Gasteiger partial charge on any atom is -0.469 e. The van der Waals surface area contributed by atoms with Crippen molar-refractivity contribution in [2.75, 3.05) is 0 Å². The maximum atomic E-state index is 12.6. The van der Waals surface area contributed by atoms with Crippen molar-refractivity contribution in [3.63, 3.8) is 0 Å². The molecule has 1 atom stereocenters. The molecule has 0 bridgehead atoms. The number of benzene rings is 1. The van der Waals surface area contributed by atoms with Gasteiger partial charge < -0.3 is 4.42 Å². The number of ketones is 1. The smallest absolute Gasteiger partial charge is 0.235 e. The fraction of sp³-hybridized carbons (Fsp3) is 0.167. The molecule has 5 rings (SSSR count). The summed E-state index contributed by atoms with van der Waals surface area (Å²) in [6, 6.07) is 11.6. The van der Waals surface area contributed by atoms with E-state index in [0.717, 1.165) is 22.5 Å². The number of furan rings is 1. The Morgan fingerprint density at radius 1 is 1.09 bits per heavy atom. The number of para-hydroxylation sites is 2. The number of fused-ring (bicyclic) bond motifs is 4. The van der Waals surface area contributed by atoms with Gasteiger partial charge in [0.2, 0.25) is 5.78 Å². The molecule has 0 saturated carbocycles. The van der Waals surface area contributed by atoms with E-state index < -0.39 is 0 Å². The van der Waals surface area contributed by atoms with Crippen molar-refractivity contribution in [3.05, 3.63) is 65.9 Å². The third kappa shape index (κ3) is 1.83. The molecule has 0 spiro atoms. The second-order valence-electron chi connectivity index (χ2n) is 5.92. The van der Waals surface area contributed by atoms with Crippen LogP contribution in [-0.4, -0.2) is 20.2 Å². The van der Waals surface area contributed by atoms with E-state index in [1.165, 1.54) is 0 Å². The second kappa shape index (κ2) is 4.52. The van der Waals surface area contributed by atoms with Crippen LogP contribution in [0.25, 0.3) is 16.8 Å². The van der Waals surface area contributed by atoms with Crippen LogP contribution in [0.1, 0.15) is 34.2 Å². The van der Waals surface area contributed by atoms with Gasteiger partial charge in [-0.1, -0.05) is 12.1 Å². The quantitative estimate of drug-likeness (QED) is 0.541. The molecule has 0 amide bonds. The first-order valence-electron chi connectivity index (χ1n) is 7.63. The Labute approximate surface area is 131 Å². The van der Waals surface area contributed by atoms with Crippen LogP contribution < -0.4 is 0 Å². The number of rotatable bonds is 1. The van der Waals surface area contributed by atoms with Crippen LogP contribution in [0.2, 0.25) is 0 Å². The van der Waals surface area contributed by atoms with E-state index in [1.54, 1.807) is 6.26 Å². The number of imidazole rings is 1. The monoisotopic (exact) mass is 303 g/mol. The van der Waals surface area contributed by atoms with Crippen LogP contribution in [0.5, 0.6) is 0 Å². The first kappa shape index (κ1) is 12.6. The SMILES string of the molecule is O=C1CC(c2ccco2)Cc2nc3nc4ccccc4n3cc21. The summed E-state index contributed by atoms with van der Waals surface area (Å²) in [5.74, 6) is 1.65. The van der Waals surface area contributed by atoms with Crippen molar-refractivity contribution in [1.29, 1.82) is 0 Å². The Hall–Kier alpha value is -2.95. The number of hydrogen-bond donors (Lipinski definition) is 0. The van der Waals surface area contributed by atoms with Gasteiger partial charge in [-0.3, -0.25) is 9.20 Å². The van der Waals surface area contributed by atoms with Gasteiger partial charge in [0.05, 0.1) is 28.6 Å². The predicted octanol–water partition coefficient (Wildman–Crippen LogP) is 3.39. The fourth-order valence-electron chi connectivity index (χ4n) is 3.38. The summed E-state index contributed by atoms with van der Waals surface area (Å²) in [5, 5.41) is 0. The molecule has 4 aromatic rings. The maximum absolute atomic E-state index is 12.6. The summed E-state index contributed by atoms with van der Waals surface area (Å²) in [6.07, 6.45) is 4.69. The standard InChI is InChI=1S/C18H13N3O2/c22-16-9-11(17-6-3-7-23-17)8-14-12(16)10-21-15-5-2-1-4-13(15)19-18(21)20-14/h1-7,10-11H,8-9H2. The third-order valence-corrected chi connectivity index (χ3v) is 4.50. The second-order valence-corrected chi connectivity index (χ2v) is 5.92. The van der Waals surface area contributed by atoms with Gasteiger partial charge in [0.1, 0.15) is 5.76 Å². The molecule has 3 heterocycles. The number of aromatic nitrogens is 3. The van der Waals surface area contributed by atoms with Crippen LogP contribution in [0.15, 0.2) is 53.3 Å². The highest BCUT2D eigenvalue weighted by Gasteiger charge is 2.29. The largest absolute Gasteiger partial charge is 0.469 e. The number of carbonyl (C=O) groups is 1. The molecule has 23 heavy (non-hydrogen) atoms. The average Bonchev–Trinajstić information content (AvgIpc) is 3.20. The summed E-state index contributed by atoms with van der Waals surface area (Å²) < 4.78 is 7.37. The maximum Gasteiger partial charge on any atom is 0.235 e. The summed E-state index contributed by atoms with van der Waals surface area (Å²) in [5.41, 5.74) is 3.37. The molecule has 3 aromatic heterocycles. The van der Waals surface area contributed by atoms with E-state index in [0.29, 0.717) is 24.2 Å². The molecule has 1 unspecified atom stereocenters. The van der Waals surface area contributed by atoms with Gasteiger partial charge >= 0.3 is 0 Å². The summed E-state index contributed by atoms with van der Waals surface area (Å²) in [4.78, 5) is 21.8. The number of Topliss-reactive ketones (excluding diaryl/α,β-unsaturated/α-hetero) is 1. The minimum atomic E-state index is 0.0596. The molecular formula is C18H13N3O2. The first-order chi connectivity index (χ1) is 11.3. The molecule has 0 radical (unpaired) electrons. The van der Waals surface area contributed by atoms with Gasteiger partial charge in [0.25, 0.3) is 0 Å². The Balaban J connectivity index is 1.70. The molecule has 0 saturated heterocycles. The third-order valence-electron chi connectivity index (χ3n) is 4.50. The van der Waals surface area contributed by atoms with Gasteiger partial charge in [-0.2, -0.15) is 0 Å². The molecule has 0 fully saturated rings. The molecule has 1 aliphatic carbocycles. The predicted molar refractivity (Wildman–Crippen MR) is 84.6 cm³/mol. The zero-order chi connectivity index (χ0) is 15.4. The molecule has 5 heteroatoms. The average molecular weight is 303 g/mol. The van der Waals surface area contributed by atoms with Crippen LogP contribution in [0.3, 0.4) is 0 Å². The van der Waals surface area contributed by atoms with Crippen molar-refractivity contribution in [2.24, 2.45) is 0 Å². The van der Waals surface area contributed by atoms with Crippen molar-refractivity contribution in [3.8, 4) is 0 Å². The highest BCUT2D eigenvalue weighted by molar-refractivity contribution is 5.99. The van der Waals surface area contributed by atoms with E-state index in [9.17, 15) is 4.79 Å². The topological polar surface area (TPSA) is 60.4 Å². The molecule has 0 aliphatic heterocycles. The number of nitrogens with zero attached hydrogens (tertiary/aromatic N) is 3. The van der Waals surface area contributed by atoms with Gasteiger partial charge in [-0.15, -0.1) is 0 Å². The summed E-state index contributed by atoms with van der Waals surface area (Å²) in [6.45, 7) is 0. The molecule has 0 N–H and O–H groups in total. The van der Waals surface area contributed by atoms with Crippen LogP contribution in [-0.2, 0) is 6.42 Å². The van der Waals surface area contributed by atoms with Crippen LogP contribution in [0.4, 0.5) is 0 Å². The van der Waals surface area contributed by atoms with Gasteiger partial charge in [0, 0.05) is 25.0 Å². The highest BCUT2D eigenvalue weighted by atomic mass is 16.3.